The van der Waals surface area contributed by atoms with Crippen molar-refractivity contribution in [2.24, 2.45) is 10.9 Å². The molecule has 1 fully saturated rings. The van der Waals surface area contributed by atoms with Crippen LogP contribution in [0.5, 0.6) is 0 Å². The standard InChI is InChI=1S/C20H31F2NO/c1-14(2)11-16(5)13-23-18(12-15(3)4)17-7-9-20(24,10-8-17)19(6,21)22/h11-12,17,24H,1,7-10,13H2,2-6H3/b16-11-,23-18?. The fourth-order valence-corrected chi connectivity index (χ4v) is 3.10. The molecule has 0 saturated heterocycles. The highest BCUT2D eigenvalue weighted by Crippen LogP contribution is 2.42. The van der Waals surface area contributed by atoms with Crippen LogP contribution in [0.2, 0.25) is 0 Å². The van der Waals surface area contributed by atoms with E-state index < -0.39 is 11.5 Å². The summed E-state index contributed by atoms with van der Waals surface area (Å²) in [5, 5.41) is 10.2. The summed E-state index contributed by atoms with van der Waals surface area (Å²) in [5.41, 5.74) is 2.31. The number of hydrogen-bond donors (Lipinski definition) is 1. The van der Waals surface area contributed by atoms with Crippen molar-refractivity contribution in [1.82, 2.24) is 0 Å². The van der Waals surface area contributed by atoms with Gasteiger partial charge in [-0.15, -0.1) is 0 Å². The van der Waals surface area contributed by atoms with Crippen LogP contribution in [-0.4, -0.2) is 28.9 Å². The first-order valence-electron chi connectivity index (χ1n) is 8.57. The zero-order valence-electron chi connectivity index (χ0n) is 15.6. The van der Waals surface area contributed by atoms with E-state index in [4.69, 9.17) is 4.99 Å². The third-order valence-electron chi connectivity index (χ3n) is 4.49. The average Bonchev–Trinajstić information content (AvgIpc) is 2.42. The lowest BCUT2D eigenvalue weighted by Gasteiger charge is -2.39. The summed E-state index contributed by atoms with van der Waals surface area (Å²) >= 11 is 0. The fourth-order valence-electron chi connectivity index (χ4n) is 3.10. The number of hydrogen-bond acceptors (Lipinski definition) is 2. The quantitative estimate of drug-likeness (QED) is 0.503. The monoisotopic (exact) mass is 339 g/mol. The molecule has 0 aromatic carbocycles. The topological polar surface area (TPSA) is 32.6 Å². The first-order valence-corrected chi connectivity index (χ1v) is 8.57. The van der Waals surface area contributed by atoms with Crippen molar-refractivity contribution in [2.75, 3.05) is 6.54 Å². The summed E-state index contributed by atoms with van der Waals surface area (Å²) in [6.07, 6.45) is 5.32. The Balaban J connectivity index is 2.89. The van der Waals surface area contributed by atoms with Crippen LogP contribution >= 0.6 is 0 Å². The summed E-state index contributed by atoms with van der Waals surface area (Å²) in [6.45, 7) is 13.2. The SMILES string of the molecule is C=C(C)/C=C(/C)CN=C(C=C(C)C)C1CCC(O)(C(C)(F)F)CC1. The van der Waals surface area contributed by atoms with Crippen LogP contribution in [0.15, 0.2) is 40.4 Å². The molecule has 0 atom stereocenters. The number of aliphatic hydroxyl groups is 1. The van der Waals surface area contributed by atoms with E-state index in [0.29, 0.717) is 19.4 Å². The van der Waals surface area contributed by atoms with Crippen LogP contribution in [0.4, 0.5) is 8.78 Å². The van der Waals surface area contributed by atoms with Gasteiger partial charge < -0.3 is 5.11 Å². The van der Waals surface area contributed by atoms with Gasteiger partial charge in [0.1, 0.15) is 5.60 Å². The molecule has 0 aromatic rings. The van der Waals surface area contributed by atoms with Crippen LogP contribution in [-0.2, 0) is 0 Å². The molecule has 0 aliphatic heterocycles. The van der Waals surface area contributed by atoms with Gasteiger partial charge in [0.05, 0.1) is 6.54 Å². The van der Waals surface area contributed by atoms with Gasteiger partial charge in [-0.25, -0.2) is 8.78 Å². The van der Waals surface area contributed by atoms with Crippen LogP contribution < -0.4 is 0 Å². The van der Waals surface area contributed by atoms with Crippen LogP contribution in [0.25, 0.3) is 0 Å². The molecule has 1 rings (SSSR count). The van der Waals surface area contributed by atoms with Crippen LogP contribution in [0, 0.1) is 5.92 Å². The van der Waals surface area contributed by atoms with E-state index in [1.54, 1.807) is 0 Å². The van der Waals surface area contributed by atoms with Crippen molar-refractivity contribution in [3.8, 4) is 0 Å². The Kier molecular flexibility index (Phi) is 7.09. The second-order valence-electron chi connectivity index (χ2n) is 7.49. The van der Waals surface area contributed by atoms with E-state index >= 15 is 0 Å². The van der Waals surface area contributed by atoms with Crippen LogP contribution in [0.3, 0.4) is 0 Å². The van der Waals surface area contributed by atoms with E-state index in [1.165, 1.54) is 0 Å². The Morgan fingerprint density at radius 1 is 1.21 bits per heavy atom. The third-order valence-corrected chi connectivity index (χ3v) is 4.49. The van der Waals surface area contributed by atoms with Crippen molar-refractivity contribution >= 4 is 5.71 Å². The van der Waals surface area contributed by atoms with Gasteiger partial charge in [-0.1, -0.05) is 29.4 Å². The third kappa shape index (κ3) is 5.97. The molecule has 1 aliphatic rings. The minimum Gasteiger partial charge on any atom is -0.384 e. The Morgan fingerprint density at radius 3 is 2.17 bits per heavy atom. The lowest BCUT2D eigenvalue weighted by Crippen LogP contribution is -2.49. The number of rotatable bonds is 6. The van der Waals surface area contributed by atoms with E-state index in [1.807, 2.05) is 39.8 Å². The van der Waals surface area contributed by atoms with Gasteiger partial charge in [0.2, 0.25) is 0 Å². The molecule has 0 spiro atoms. The minimum absolute atomic E-state index is 0.109. The van der Waals surface area contributed by atoms with Gasteiger partial charge >= 0.3 is 0 Å². The molecule has 1 aliphatic carbocycles. The van der Waals surface area contributed by atoms with Gasteiger partial charge in [-0.2, -0.15) is 0 Å². The number of aliphatic imine (C=N–C) groups is 1. The average molecular weight is 339 g/mol. The van der Waals surface area contributed by atoms with E-state index in [2.05, 4.69) is 6.58 Å². The zero-order chi connectivity index (χ0) is 18.5. The van der Waals surface area contributed by atoms with Crippen LogP contribution in [0.1, 0.15) is 60.3 Å². The predicted octanol–water partition coefficient (Wildman–Crippen LogP) is 5.49. The molecule has 0 aromatic heterocycles. The van der Waals surface area contributed by atoms with Gasteiger partial charge in [0, 0.05) is 18.6 Å². The molecule has 24 heavy (non-hydrogen) atoms. The second-order valence-corrected chi connectivity index (χ2v) is 7.49. The summed E-state index contributed by atoms with van der Waals surface area (Å²) in [4.78, 5) is 4.71. The van der Waals surface area contributed by atoms with Crippen molar-refractivity contribution in [1.29, 1.82) is 0 Å². The van der Waals surface area contributed by atoms with Crippen molar-refractivity contribution in [3.63, 3.8) is 0 Å². The molecule has 1 N–H and O–H groups in total. The highest BCUT2D eigenvalue weighted by Gasteiger charge is 2.50. The summed E-state index contributed by atoms with van der Waals surface area (Å²) in [6, 6.07) is 0. The maximum atomic E-state index is 13.6. The van der Waals surface area contributed by atoms with Gasteiger partial charge in [0.25, 0.3) is 5.92 Å². The van der Waals surface area contributed by atoms with Gasteiger partial charge in [0.15, 0.2) is 0 Å². The number of allylic oxidation sites excluding steroid dienone is 4. The summed E-state index contributed by atoms with van der Waals surface area (Å²) < 4.78 is 27.2. The molecule has 1 saturated carbocycles. The molecule has 0 amide bonds. The Labute approximate surface area is 145 Å². The smallest absolute Gasteiger partial charge is 0.273 e. The lowest BCUT2D eigenvalue weighted by molar-refractivity contribution is -0.186. The first-order chi connectivity index (χ1) is 10.9. The first kappa shape index (κ1) is 20.8. The minimum atomic E-state index is -3.06. The summed E-state index contributed by atoms with van der Waals surface area (Å²) in [7, 11) is 0. The Morgan fingerprint density at radius 2 is 1.75 bits per heavy atom. The maximum Gasteiger partial charge on any atom is 0.273 e. The van der Waals surface area contributed by atoms with E-state index in [9.17, 15) is 13.9 Å². The Bertz CT molecular complexity index is 540. The zero-order valence-corrected chi connectivity index (χ0v) is 15.6. The van der Waals surface area contributed by atoms with Crippen molar-refractivity contribution in [2.45, 2.75) is 71.8 Å². The molecule has 0 unspecified atom stereocenters. The number of alkyl halides is 2. The molecule has 136 valence electrons. The second kappa shape index (κ2) is 8.19. The molecule has 0 radical (unpaired) electrons. The maximum absolute atomic E-state index is 13.6. The number of halogens is 2. The lowest BCUT2D eigenvalue weighted by atomic mass is 9.74. The highest BCUT2D eigenvalue weighted by atomic mass is 19.3. The van der Waals surface area contributed by atoms with Gasteiger partial charge in [-0.3, -0.25) is 4.99 Å². The fraction of sp³-hybridized carbons (Fsp3) is 0.650. The van der Waals surface area contributed by atoms with Crippen molar-refractivity contribution < 1.29 is 13.9 Å². The predicted molar refractivity (Wildman–Crippen MR) is 97.8 cm³/mol. The normalized spacial score (nSPS) is 26.2. The molecular weight excluding hydrogens is 308 g/mol. The largest absolute Gasteiger partial charge is 0.384 e. The number of nitrogens with zero attached hydrogens (tertiary/aromatic N) is 1. The molecular formula is C20H31F2NO. The molecule has 2 nitrogen and oxygen atoms in total. The van der Waals surface area contributed by atoms with Gasteiger partial charge in [-0.05, 0) is 59.5 Å². The van der Waals surface area contributed by atoms with Crippen molar-refractivity contribution in [3.05, 3.63) is 35.5 Å². The highest BCUT2D eigenvalue weighted by molar-refractivity contribution is 5.97. The molecule has 0 heterocycles. The molecule has 4 heteroatoms. The summed E-state index contributed by atoms with van der Waals surface area (Å²) in [5.74, 6) is -2.94. The molecule has 0 bridgehead atoms. The van der Waals surface area contributed by atoms with E-state index in [0.717, 1.165) is 29.4 Å². The Hall–Kier alpha value is -1.29. The van der Waals surface area contributed by atoms with E-state index in [-0.39, 0.29) is 18.8 Å².